The Balaban J connectivity index is 2.48. The van der Waals surface area contributed by atoms with Crippen LogP contribution in [0.3, 0.4) is 0 Å². The van der Waals surface area contributed by atoms with Crippen LogP contribution in [0.15, 0.2) is 60.8 Å². The summed E-state index contributed by atoms with van der Waals surface area (Å²) in [7, 11) is 0. The molecule has 1 amide bonds. The van der Waals surface area contributed by atoms with Crippen LogP contribution in [0, 0.1) is 0 Å². The summed E-state index contributed by atoms with van der Waals surface area (Å²) in [4.78, 5) is 12.6. The summed E-state index contributed by atoms with van der Waals surface area (Å²) in [6.45, 7) is 3.42. The van der Waals surface area contributed by atoms with Gasteiger partial charge in [-0.1, -0.05) is 93.9 Å². The Bertz CT molecular complexity index is 823. The number of aliphatic hydroxyl groups is 5. The molecule has 0 spiro atoms. The maximum atomic E-state index is 12.6. The lowest BCUT2D eigenvalue weighted by atomic mass is 9.99. The molecular formula is C32H53NO8. The lowest BCUT2D eigenvalue weighted by molar-refractivity contribution is -0.302. The van der Waals surface area contributed by atoms with E-state index in [-0.39, 0.29) is 18.9 Å². The maximum Gasteiger partial charge on any atom is 0.224 e. The van der Waals surface area contributed by atoms with Gasteiger partial charge >= 0.3 is 0 Å². The third kappa shape index (κ3) is 16.2. The van der Waals surface area contributed by atoms with E-state index in [1.807, 2.05) is 12.2 Å². The zero-order valence-corrected chi connectivity index (χ0v) is 24.8. The van der Waals surface area contributed by atoms with Gasteiger partial charge in [0.2, 0.25) is 5.91 Å². The van der Waals surface area contributed by atoms with Crippen LogP contribution in [0.5, 0.6) is 0 Å². The predicted molar refractivity (Wildman–Crippen MR) is 161 cm³/mol. The Hall–Kier alpha value is -2.11. The summed E-state index contributed by atoms with van der Waals surface area (Å²) in [5, 5.41) is 53.0. The van der Waals surface area contributed by atoms with Crippen molar-refractivity contribution in [2.24, 2.45) is 0 Å². The molecule has 1 aliphatic rings. The SMILES string of the molecule is CC/C=C\C/C=C\C/C=C\C/C=C\C/C=C\CC(=O)NC(COC1OC(CO)C(O)C(O)C1O)C(O)CCCCC. The van der Waals surface area contributed by atoms with Crippen LogP contribution in [-0.4, -0.2) is 87.5 Å². The Kier molecular flexibility index (Phi) is 21.1. The lowest BCUT2D eigenvalue weighted by Gasteiger charge is -2.40. The van der Waals surface area contributed by atoms with Gasteiger partial charge in [0.25, 0.3) is 0 Å². The van der Waals surface area contributed by atoms with Crippen molar-refractivity contribution in [3.8, 4) is 0 Å². The molecule has 1 heterocycles. The molecule has 7 unspecified atom stereocenters. The fraction of sp³-hybridized carbons (Fsp3) is 0.656. The van der Waals surface area contributed by atoms with Gasteiger partial charge in [-0.3, -0.25) is 4.79 Å². The topological polar surface area (TPSA) is 149 Å². The Labute approximate surface area is 246 Å². The van der Waals surface area contributed by atoms with Crippen LogP contribution in [-0.2, 0) is 14.3 Å². The molecule has 1 rings (SSSR count). The van der Waals surface area contributed by atoms with Crippen molar-refractivity contribution in [1.82, 2.24) is 5.32 Å². The van der Waals surface area contributed by atoms with Gasteiger partial charge in [-0.15, -0.1) is 0 Å². The van der Waals surface area contributed by atoms with E-state index in [0.717, 1.165) is 44.9 Å². The van der Waals surface area contributed by atoms with Crippen molar-refractivity contribution in [2.75, 3.05) is 13.2 Å². The number of carbonyl (C=O) groups is 1. The second kappa shape index (κ2) is 23.5. The van der Waals surface area contributed by atoms with Gasteiger partial charge in [0, 0.05) is 6.42 Å². The Morgan fingerprint density at radius 1 is 0.829 bits per heavy atom. The highest BCUT2D eigenvalue weighted by molar-refractivity contribution is 5.77. The number of allylic oxidation sites excluding steroid dienone is 9. The highest BCUT2D eigenvalue weighted by atomic mass is 16.7. The minimum absolute atomic E-state index is 0.131. The van der Waals surface area contributed by atoms with E-state index in [2.05, 4.69) is 61.7 Å². The third-order valence-corrected chi connectivity index (χ3v) is 6.66. The number of rotatable bonds is 21. The number of hydrogen-bond acceptors (Lipinski definition) is 8. The van der Waals surface area contributed by atoms with Crippen LogP contribution in [0.2, 0.25) is 0 Å². The highest BCUT2D eigenvalue weighted by Crippen LogP contribution is 2.22. The number of aliphatic hydroxyl groups excluding tert-OH is 5. The molecule has 0 aromatic carbocycles. The molecule has 7 atom stereocenters. The van der Waals surface area contributed by atoms with Gasteiger partial charge < -0.3 is 40.3 Å². The second-order valence-electron chi connectivity index (χ2n) is 10.2. The van der Waals surface area contributed by atoms with Crippen LogP contribution in [0.4, 0.5) is 0 Å². The summed E-state index contributed by atoms with van der Waals surface area (Å²) in [5.41, 5.74) is 0. The first-order valence-electron chi connectivity index (χ1n) is 15.0. The summed E-state index contributed by atoms with van der Waals surface area (Å²) >= 11 is 0. The first-order chi connectivity index (χ1) is 19.8. The first kappa shape index (κ1) is 36.9. The van der Waals surface area contributed by atoms with Gasteiger partial charge in [0.1, 0.15) is 24.4 Å². The van der Waals surface area contributed by atoms with Crippen molar-refractivity contribution in [3.05, 3.63) is 60.8 Å². The molecule has 1 fully saturated rings. The van der Waals surface area contributed by atoms with Crippen LogP contribution in [0.25, 0.3) is 0 Å². The smallest absolute Gasteiger partial charge is 0.224 e. The predicted octanol–water partition coefficient (Wildman–Crippen LogP) is 3.37. The molecule has 0 bridgehead atoms. The summed E-state index contributed by atoms with van der Waals surface area (Å²) < 4.78 is 11.0. The first-order valence-corrected chi connectivity index (χ1v) is 15.0. The molecule has 0 aromatic heterocycles. The minimum atomic E-state index is -1.57. The molecule has 234 valence electrons. The van der Waals surface area contributed by atoms with Crippen LogP contribution >= 0.6 is 0 Å². The van der Waals surface area contributed by atoms with Crippen LogP contribution < -0.4 is 5.32 Å². The van der Waals surface area contributed by atoms with Gasteiger partial charge in [0.15, 0.2) is 6.29 Å². The van der Waals surface area contributed by atoms with Crippen LogP contribution in [0.1, 0.15) is 78.1 Å². The molecule has 9 nitrogen and oxygen atoms in total. The van der Waals surface area contributed by atoms with Gasteiger partial charge in [-0.05, 0) is 38.5 Å². The number of ether oxygens (including phenoxy) is 2. The van der Waals surface area contributed by atoms with Gasteiger partial charge in [-0.2, -0.15) is 0 Å². The minimum Gasteiger partial charge on any atom is -0.394 e. The molecule has 1 aliphatic heterocycles. The molecule has 41 heavy (non-hydrogen) atoms. The van der Waals surface area contributed by atoms with E-state index in [1.165, 1.54) is 0 Å². The van der Waals surface area contributed by atoms with E-state index >= 15 is 0 Å². The molecule has 0 aliphatic carbocycles. The number of unbranched alkanes of at least 4 members (excludes halogenated alkanes) is 2. The van der Waals surface area contributed by atoms with Crippen molar-refractivity contribution in [3.63, 3.8) is 0 Å². The van der Waals surface area contributed by atoms with Crippen molar-refractivity contribution in [2.45, 2.75) is 121 Å². The second-order valence-corrected chi connectivity index (χ2v) is 10.2. The standard InChI is InChI=1S/C32H53NO8/c1-3-5-7-8-9-10-11-12-13-14-15-16-17-18-20-22-28(36)33-25(26(35)21-19-6-4-2)24-40-32-31(39)30(38)29(37)27(23-34)41-32/h5,7,9-10,12-13,15-16,18,20,25-27,29-32,34-35,37-39H,3-4,6,8,11,14,17,19,21-24H2,1-2H3,(H,33,36)/b7-5-,10-9-,13-12-,16-15-,20-18-. The van der Waals surface area contributed by atoms with Crippen molar-refractivity contribution >= 4 is 5.91 Å². The Morgan fingerprint density at radius 2 is 1.39 bits per heavy atom. The number of amides is 1. The molecule has 0 saturated carbocycles. The van der Waals surface area contributed by atoms with E-state index < -0.39 is 49.5 Å². The fourth-order valence-corrected chi connectivity index (χ4v) is 4.16. The summed E-state index contributed by atoms with van der Waals surface area (Å²) in [6.07, 6.45) is 20.6. The fourth-order valence-electron chi connectivity index (χ4n) is 4.16. The molecular weight excluding hydrogens is 526 g/mol. The van der Waals surface area contributed by atoms with Gasteiger partial charge in [0.05, 0.1) is 25.4 Å². The largest absolute Gasteiger partial charge is 0.394 e. The molecule has 6 N–H and O–H groups in total. The average Bonchev–Trinajstić information content (AvgIpc) is 2.96. The maximum absolute atomic E-state index is 12.6. The summed E-state index contributed by atoms with van der Waals surface area (Å²) in [5.74, 6) is -0.289. The molecule has 1 saturated heterocycles. The lowest BCUT2D eigenvalue weighted by Crippen LogP contribution is -2.60. The molecule has 0 aromatic rings. The molecule has 9 heteroatoms. The van der Waals surface area contributed by atoms with Gasteiger partial charge in [-0.25, -0.2) is 0 Å². The number of carbonyl (C=O) groups excluding carboxylic acids is 1. The highest BCUT2D eigenvalue weighted by Gasteiger charge is 2.44. The quantitative estimate of drug-likeness (QED) is 0.0896. The monoisotopic (exact) mass is 579 g/mol. The Morgan fingerprint density at radius 3 is 1.93 bits per heavy atom. The van der Waals surface area contributed by atoms with Crippen molar-refractivity contribution < 1.29 is 39.8 Å². The van der Waals surface area contributed by atoms with Crippen molar-refractivity contribution in [1.29, 1.82) is 0 Å². The third-order valence-electron chi connectivity index (χ3n) is 6.66. The summed E-state index contributed by atoms with van der Waals surface area (Å²) in [6, 6.07) is -0.769. The molecule has 0 radical (unpaired) electrons. The van der Waals surface area contributed by atoms with E-state index in [9.17, 15) is 30.3 Å². The zero-order chi connectivity index (χ0) is 30.3. The average molecular weight is 580 g/mol. The number of nitrogens with one attached hydrogen (secondary N) is 1. The van der Waals surface area contributed by atoms with E-state index in [1.54, 1.807) is 6.08 Å². The zero-order valence-electron chi connectivity index (χ0n) is 24.8. The number of hydrogen-bond donors (Lipinski definition) is 6. The van der Waals surface area contributed by atoms with E-state index in [0.29, 0.717) is 12.8 Å². The van der Waals surface area contributed by atoms with E-state index in [4.69, 9.17) is 9.47 Å². The normalized spacial score (nSPS) is 25.3.